The molecule has 4 rings (SSSR count). The SMILES string of the molecule is O=C1c2ccccc2CN1CCCN1CC=C(c2ccccc2)CC1. The third-order valence-electron chi connectivity index (χ3n) is 5.24. The minimum absolute atomic E-state index is 0.195. The van der Waals surface area contributed by atoms with Gasteiger partial charge in [0.2, 0.25) is 0 Å². The Bertz CT molecular complexity index is 782. The molecule has 0 radical (unpaired) electrons. The van der Waals surface area contributed by atoms with Crippen LogP contribution in [0, 0.1) is 0 Å². The quantitative estimate of drug-likeness (QED) is 0.831. The van der Waals surface area contributed by atoms with E-state index >= 15 is 0 Å². The Kier molecular flexibility index (Phi) is 4.66. The van der Waals surface area contributed by atoms with Crippen molar-refractivity contribution in [2.45, 2.75) is 19.4 Å². The highest BCUT2D eigenvalue weighted by Crippen LogP contribution is 2.24. The Hall–Kier alpha value is -2.39. The van der Waals surface area contributed by atoms with Crippen molar-refractivity contribution in [3.63, 3.8) is 0 Å². The third-order valence-corrected chi connectivity index (χ3v) is 5.24. The third kappa shape index (κ3) is 3.52. The van der Waals surface area contributed by atoms with E-state index in [9.17, 15) is 4.79 Å². The maximum absolute atomic E-state index is 12.4. The van der Waals surface area contributed by atoms with Crippen LogP contribution < -0.4 is 0 Å². The first-order valence-electron chi connectivity index (χ1n) is 9.15. The summed E-state index contributed by atoms with van der Waals surface area (Å²) in [5.74, 6) is 0.195. The van der Waals surface area contributed by atoms with Crippen molar-refractivity contribution >= 4 is 11.5 Å². The molecule has 0 saturated carbocycles. The van der Waals surface area contributed by atoms with Crippen LogP contribution >= 0.6 is 0 Å². The van der Waals surface area contributed by atoms with Gasteiger partial charge in [0.25, 0.3) is 5.91 Å². The summed E-state index contributed by atoms with van der Waals surface area (Å²) < 4.78 is 0. The summed E-state index contributed by atoms with van der Waals surface area (Å²) >= 11 is 0. The fourth-order valence-electron chi connectivity index (χ4n) is 3.81. The molecule has 2 aliphatic heterocycles. The van der Waals surface area contributed by atoms with Crippen LogP contribution in [0.5, 0.6) is 0 Å². The zero-order valence-electron chi connectivity index (χ0n) is 14.5. The van der Waals surface area contributed by atoms with Gasteiger partial charge in [-0.1, -0.05) is 54.6 Å². The second-order valence-corrected chi connectivity index (χ2v) is 6.88. The molecule has 128 valence electrons. The Morgan fingerprint density at radius 3 is 2.48 bits per heavy atom. The van der Waals surface area contributed by atoms with Crippen LogP contribution in [-0.2, 0) is 6.54 Å². The van der Waals surface area contributed by atoms with Gasteiger partial charge in [-0.05, 0) is 35.6 Å². The van der Waals surface area contributed by atoms with Crippen LogP contribution in [0.15, 0.2) is 60.7 Å². The Balaban J connectivity index is 1.26. The van der Waals surface area contributed by atoms with Gasteiger partial charge in [0.1, 0.15) is 0 Å². The number of hydrogen-bond donors (Lipinski definition) is 0. The number of carbonyl (C=O) groups excluding carboxylic acids is 1. The topological polar surface area (TPSA) is 23.6 Å². The maximum Gasteiger partial charge on any atom is 0.254 e. The molecule has 2 aliphatic rings. The van der Waals surface area contributed by atoms with Gasteiger partial charge >= 0.3 is 0 Å². The molecule has 2 heterocycles. The van der Waals surface area contributed by atoms with Crippen molar-refractivity contribution < 1.29 is 4.79 Å². The fourth-order valence-corrected chi connectivity index (χ4v) is 3.81. The molecule has 0 aliphatic carbocycles. The molecular weight excluding hydrogens is 308 g/mol. The minimum Gasteiger partial charge on any atom is -0.334 e. The molecule has 25 heavy (non-hydrogen) atoms. The van der Waals surface area contributed by atoms with E-state index in [-0.39, 0.29) is 5.91 Å². The summed E-state index contributed by atoms with van der Waals surface area (Å²) in [7, 11) is 0. The van der Waals surface area contributed by atoms with Crippen LogP contribution in [-0.4, -0.2) is 41.9 Å². The highest BCUT2D eigenvalue weighted by molar-refractivity contribution is 5.98. The zero-order chi connectivity index (χ0) is 17.1. The predicted molar refractivity (Wildman–Crippen MR) is 101 cm³/mol. The molecule has 2 aromatic carbocycles. The number of fused-ring (bicyclic) bond motifs is 1. The number of benzene rings is 2. The van der Waals surface area contributed by atoms with Gasteiger partial charge in [-0.2, -0.15) is 0 Å². The van der Waals surface area contributed by atoms with Crippen LogP contribution in [0.3, 0.4) is 0 Å². The molecule has 2 aromatic rings. The first kappa shape index (κ1) is 16.1. The lowest BCUT2D eigenvalue weighted by Gasteiger charge is -2.27. The van der Waals surface area contributed by atoms with Crippen LogP contribution in [0.1, 0.15) is 34.3 Å². The lowest BCUT2D eigenvalue weighted by molar-refractivity contribution is 0.0771. The van der Waals surface area contributed by atoms with Gasteiger partial charge < -0.3 is 4.90 Å². The number of hydrogen-bond acceptors (Lipinski definition) is 2. The molecule has 3 nitrogen and oxygen atoms in total. The second-order valence-electron chi connectivity index (χ2n) is 6.88. The van der Waals surface area contributed by atoms with E-state index in [4.69, 9.17) is 0 Å². The molecular formula is C22H24N2O. The lowest BCUT2D eigenvalue weighted by Crippen LogP contribution is -2.32. The zero-order valence-corrected chi connectivity index (χ0v) is 14.5. The number of nitrogens with zero attached hydrogens (tertiary/aromatic N) is 2. The molecule has 0 bridgehead atoms. The molecule has 1 amide bonds. The van der Waals surface area contributed by atoms with Crippen molar-refractivity contribution in [3.05, 3.63) is 77.4 Å². The monoisotopic (exact) mass is 332 g/mol. The lowest BCUT2D eigenvalue weighted by atomic mass is 9.99. The summed E-state index contributed by atoms with van der Waals surface area (Å²) in [4.78, 5) is 16.9. The summed E-state index contributed by atoms with van der Waals surface area (Å²) in [5.41, 5.74) is 4.86. The molecule has 0 saturated heterocycles. The molecule has 0 N–H and O–H groups in total. The van der Waals surface area contributed by atoms with E-state index in [1.165, 1.54) is 16.7 Å². The molecule has 0 atom stereocenters. The average molecular weight is 332 g/mol. The van der Waals surface area contributed by atoms with Crippen LogP contribution in [0.25, 0.3) is 5.57 Å². The molecule has 0 unspecified atom stereocenters. The largest absolute Gasteiger partial charge is 0.334 e. The van der Waals surface area contributed by atoms with Crippen LogP contribution in [0.4, 0.5) is 0 Å². The predicted octanol–water partition coefficient (Wildman–Crippen LogP) is 3.82. The number of rotatable bonds is 5. The van der Waals surface area contributed by atoms with E-state index in [0.717, 1.165) is 51.1 Å². The highest BCUT2D eigenvalue weighted by Gasteiger charge is 2.26. The summed E-state index contributed by atoms with van der Waals surface area (Å²) in [6, 6.07) is 18.6. The van der Waals surface area contributed by atoms with E-state index < -0.39 is 0 Å². The highest BCUT2D eigenvalue weighted by atomic mass is 16.2. The molecule has 3 heteroatoms. The van der Waals surface area contributed by atoms with Crippen molar-refractivity contribution in [1.29, 1.82) is 0 Å². The fraction of sp³-hybridized carbons (Fsp3) is 0.318. The Morgan fingerprint density at radius 2 is 1.72 bits per heavy atom. The second kappa shape index (κ2) is 7.24. The van der Waals surface area contributed by atoms with E-state index in [1.807, 2.05) is 23.1 Å². The van der Waals surface area contributed by atoms with E-state index in [1.54, 1.807) is 0 Å². The standard InChI is InChI=1S/C22H24N2O/c25-22-21-10-5-4-9-20(21)17-24(22)14-6-13-23-15-11-19(12-16-23)18-7-2-1-3-8-18/h1-5,7-11H,6,12-17H2. The van der Waals surface area contributed by atoms with Gasteiger partial charge in [-0.15, -0.1) is 0 Å². The van der Waals surface area contributed by atoms with Crippen molar-refractivity contribution in [3.8, 4) is 0 Å². The van der Waals surface area contributed by atoms with E-state index in [2.05, 4.69) is 47.4 Å². The molecule has 0 fully saturated rings. The normalized spacial score (nSPS) is 17.5. The van der Waals surface area contributed by atoms with Crippen molar-refractivity contribution in [2.24, 2.45) is 0 Å². The summed E-state index contributed by atoms with van der Waals surface area (Å²) in [6.07, 6.45) is 4.50. The molecule has 0 spiro atoms. The van der Waals surface area contributed by atoms with Crippen molar-refractivity contribution in [1.82, 2.24) is 9.80 Å². The molecule has 0 aromatic heterocycles. The number of carbonyl (C=O) groups is 1. The van der Waals surface area contributed by atoms with Crippen molar-refractivity contribution in [2.75, 3.05) is 26.2 Å². The van der Waals surface area contributed by atoms with Gasteiger partial charge in [0, 0.05) is 38.3 Å². The summed E-state index contributed by atoms with van der Waals surface area (Å²) in [5, 5.41) is 0. The smallest absolute Gasteiger partial charge is 0.254 e. The van der Waals surface area contributed by atoms with Gasteiger partial charge in [-0.3, -0.25) is 9.69 Å². The maximum atomic E-state index is 12.4. The van der Waals surface area contributed by atoms with Crippen LogP contribution in [0.2, 0.25) is 0 Å². The van der Waals surface area contributed by atoms with E-state index in [0.29, 0.717) is 0 Å². The minimum atomic E-state index is 0.195. The average Bonchev–Trinajstić information content (AvgIpc) is 2.99. The van der Waals surface area contributed by atoms with Gasteiger partial charge in [0.05, 0.1) is 0 Å². The van der Waals surface area contributed by atoms with Gasteiger partial charge in [-0.25, -0.2) is 0 Å². The Labute approximate surface area is 149 Å². The Morgan fingerprint density at radius 1 is 0.920 bits per heavy atom. The van der Waals surface area contributed by atoms with Gasteiger partial charge in [0.15, 0.2) is 0 Å². The first-order valence-corrected chi connectivity index (χ1v) is 9.15. The number of amides is 1. The summed E-state index contributed by atoms with van der Waals surface area (Å²) in [6.45, 7) is 4.79. The first-order chi connectivity index (χ1) is 12.3.